The summed E-state index contributed by atoms with van der Waals surface area (Å²) < 4.78 is 6.27. The van der Waals surface area contributed by atoms with E-state index in [-0.39, 0.29) is 43.0 Å². The Balaban J connectivity index is 1.59. The van der Waals surface area contributed by atoms with E-state index in [0.29, 0.717) is 19.4 Å². The molecule has 2 unspecified atom stereocenters. The normalized spacial score (nSPS) is 31.9. The molecule has 3 aliphatic rings. The van der Waals surface area contributed by atoms with Crippen molar-refractivity contribution in [3.05, 3.63) is 35.9 Å². The number of carbonyl (C=O) groups excluding carboxylic acids is 3. The molecule has 4 rings (SSSR count). The maximum atomic E-state index is 13.3. The molecule has 3 heterocycles. The second-order valence-corrected chi connectivity index (χ2v) is 8.68. The van der Waals surface area contributed by atoms with Crippen molar-refractivity contribution in [2.75, 3.05) is 13.2 Å². The van der Waals surface area contributed by atoms with Crippen LogP contribution in [0, 0.1) is 11.8 Å². The molecule has 2 bridgehead atoms. The van der Waals surface area contributed by atoms with E-state index in [0.717, 1.165) is 5.56 Å². The fraction of sp³-hybridized carbons (Fsp3) is 0.591. The van der Waals surface area contributed by atoms with Gasteiger partial charge in [-0.05, 0) is 32.3 Å². The van der Waals surface area contributed by atoms with Crippen molar-refractivity contribution in [1.82, 2.24) is 15.5 Å². The minimum Gasteiger partial charge on any atom is -0.395 e. The standard InChI is InChI=1S/C22H29N3O5/c1-13(2)24-20(28)18-22-9-8-15(30-22)16(17(22)21(29)25(18)10-11-26)19(27)23-12-14-6-4-3-5-7-14/h3-7,13,15-18,26H,8-12H2,1-2H3,(H,23,27)(H,24,28)/t15-,16+,17-,18?,22?/m0/s1. The molecule has 1 spiro atoms. The number of nitrogens with zero attached hydrogens (tertiary/aromatic N) is 1. The molecule has 1 aromatic rings. The molecule has 0 aliphatic carbocycles. The van der Waals surface area contributed by atoms with E-state index in [4.69, 9.17) is 4.74 Å². The van der Waals surface area contributed by atoms with Crippen molar-refractivity contribution < 1.29 is 24.2 Å². The van der Waals surface area contributed by atoms with Gasteiger partial charge in [-0.2, -0.15) is 0 Å². The number of likely N-dealkylation sites (tertiary alicyclic amines) is 1. The first kappa shape index (κ1) is 20.8. The van der Waals surface area contributed by atoms with Gasteiger partial charge in [-0.3, -0.25) is 14.4 Å². The average molecular weight is 415 g/mol. The molecule has 0 radical (unpaired) electrons. The lowest BCUT2D eigenvalue weighted by Gasteiger charge is -2.33. The van der Waals surface area contributed by atoms with E-state index in [1.807, 2.05) is 44.2 Å². The van der Waals surface area contributed by atoms with Crippen molar-refractivity contribution >= 4 is 17.7 Å². The zero-order chi connectivity index (χ0) is 21.5. The van der Waals surface area contributed by atoms with Gasteiger partial charge in [-0.25, -0.2) is 0 Å². The molecule has 3 amide bonds. The lowest BCUT2D eigenvalue weighted by Crippen LogP contribution is -2.56. The molecule has 0 saturated carbocycles. The highest BCUT2D eigenvalue weighted by molar-refractivity contribution is 5.98. The van der Waals surface area contributed by atoms with Crippen LogP contribution in [0.3, 0.4) is 0 Å². The number of ether oxygens (including phenoxy) is 1. The number of aliphatic hydroxyl groups excluding tert-OH is 1. The Kier molecular flexibility index (Phi) is 5.55. The molecule has 1 aromatic carbocycles. The molecule has 5 atom stereocenters. The smallest absolute Gasteiger partial charge is 0.246 e. The number of amides is 3. The molecule has 0 aromatic heterocycles. The first-order valence-electron chi connectivity index (χ1n) is 10.6. The second kappa shape index (κ2) is 8.00. The van der Waals surface area contributed by atoms with Crippen molar-refractivity contribution in [2.45, 2.75) is 57.0 Å². The monoisotopic (exact) mass is 415 g/mol. The van der Waals surface area contributed by atoms with E-state index in [1.165, 1.54) is 4.90 Å². The number of hydrogen-bond acceptors (Lipinski definition) is 5. The number of β-amino-alcohol motifs (C(OH)–C–C–N with tert-alkyl or cyclic N) is 1. The third-order valence-electron chi connectivity index (χ3n) is 6.43. The van der Waals surface area contributed by atoms with Gasteiger partial charge in [-0.1, -0.05) is 30.3 Å². The molecule has 3 fully saturated rings. The quantitative estimate of drug-likeness (QED) is 0.589. The van der Waals surface area contributed by atoms with Crippen LogP contribution in [-0.4, -0.2) is 64.7 Å². The van der Waals surface area contributed by atoms with Gasteiger partial charge in [0.2, 0.25) is 17.7 Å². The van der Waals surface area contributed by atoms with E-state index in [9.17, 15) is 19.5 Å². The number of rotatable bonds is 7. The predicted octanol–water partition coefficient (Wildman–Crippen LogP) is 0.194. The maximum absolute atomic E-state index is 13.3. The van der Waals surface area contributed by atoms with E-state index >= 15 is 0 Å². The van der Waals surface area contributed by atoms with Crippen LogP contribution in [0.4, 0.5) is 0 Å². The SMILES string of the molecule is CC(C)NC(=O)C1N(CCO)C(=O)[C@@H]2[C@H](C(=O)NCc3ccccc3)[C@@H]3CCC12O3. The van der Waals surface area contributed by atoms with Gasteiger partial charge in [0.25, 0.3) is 0 Å². The van der Waals surface area contributed by atoms with Crippen molar-refractivity contribution in [2.24, 2.45) is 11.8 Å². The topological polar surface area (TPSA) is 108 Å². The lowest BCUT2D eigenvalue weighted by molar-refractivity contribution is -0.142. The Morgan fingerprint density at radius 2 is 2.00 bits per heavy atom. The van der Waals surface area contributed by atoms with Crippen LogP contribution in [0.15, 0.2) is 30.3 Å². The molecule has 8 nitrogen and oxygen atoms in total. The highest BCUT2D eigenvalue weighted by Gasteiger charge is 2.74. The van der Waals surface area contributed by atoms with Crippen molar-refractivity contribution in [1.29, 1.82) is 0 Å². The van der Waals surface area contributed by atoms with Crippen LogP contribution in [0.1, 0.15) is 32.3 Å². The van der Waals surface area contributed by atoms with Crippen LogP contribution < -0.4 is 10.6 Å². The molecular formula is C22H29N3O5. The summed E-state index contributed by atoms with van der Waals surface area (Å²) in [6.07, 6.45) is 0.806. The number of fused-ring (bicyclic) bond motifs is 1. The average Bonchev–Trinajstić information content (AvgIpc) is 3.34. The summed E-state index contributed by atoms with van der Waals surface area (Å²) >= 11 is 0. The molecular weight excluding hydrogens is 386 g/mol. The van der Waals surface area contributed by atoms with Crippen LogP contribution in [0.5, 0.6) is 0 Å². The zero-order valence-corrected chi connectivity index (χ0v) is 17.3. The zero-order valence-electron chi connectivity index (χ0n) is 17.3. The van der Waals surface area contributed by atoms with Crippen LogP contribution in [0.2, 0.25) is 0 Å². The van der Waals surface area contributed by atoms with E-state index < -0.39 is 23.5 Å². The van der Waals surface area contributed by atoms with Gasteiger partial charge in [0.15, 0.2) is 0 Å². The number of aliphatic hydroxyl groups is 1. The fourth-order valence-electron chi connectivity index (χ4n) is 5.37. The van der Waals surface area contributed by atoms with Gasteiger partial charge in [0.1, 0.15) is 11.6 Å². The van der Waals surface area contributed by atoms with E-state index in [2.05, 4.69) is 10.6 Å². The van der Waals surface area contributed by atoms with Gasteiger partial charge in [0, 0.05) is 19.1 Å². The third kappa shape index (κ3) is 3.28. The molecule has 162 valence electrons. The Hall–Kier alpha value is -2.45. The summed E-state index contributed by atoms with van der Waals surface area (Å²) in [6, 6.07) is 8.65. The summed E-state index contributed by atoms with van der Waals surface area (Å²) in [7, 11) is 0. The molecule has 30 heavy (non-hydrogen) atoms. The molecule has 8 heteroatoms. The van der Waals surface area contributed by atoms with Gasteiger partial charge < -0.3 is 25.4 Å². The number of benzene rings is 1. The summed E-state index contributed by atoms with van der Waals surface area (Å²) in [5.74, 6) is -2.14. The Bertz CT molecular complexity index is 829. The number of nitrogens with one attached hydrogen (secondary N) is 2. The minimum atomic E-state index is -1.01. The van der Waals surface area contributed by atoms with Crippen LogP contribution in [0.25, 0.3) is 0 Å². The van der Waals surface area contributed by atoms with Crippen molar-refractivity contribution in [3.63, 3.8) is 0 Å². The molecule has 3 N–H and O–H groups in total. The summed E-state index contributed by atoms with van der Waals surface area (Å²) in [5, 5.41) is 15.3. The molecule has 3 aliphatic heterocycles. The van der Waals surface area contributed by atoms with Crippen LogP contribution in [-0.2, 0) is 25.7 Å². The minimum absolute atomic E-state index is 0.0413. The Labute approximate surface area is 176 Å². The highest BCUT2D eigenvalue weighted by atomic mass is 16.5. The predicted molar refractivity (Wildman–Crippen MR) is 108 cm³/mol. The third-order valence-corrected chi connectivity index (χ3v) is 6.43. The largest absolute Gasteiger partial charge is 0.395 e. The first-order valence-corrected chi connectivity index (χ1v) is 10.6. The number of hydrogen-bond donors (Lipinski definition) is 3. The lowest BCUT2D eigenvalue weighted by atomic mass is 9.70. The first-order chi connectivity index (χ1) is 14.4. The van der Waals surface area contributed by atoms with Gasteiger partial charge in [0.05, 0.1) is 24.5 Å². The fourth-order valence-corrected chi connectivity index (χ4v) is 5.37. The van der Waals surface area contributed by atoms with Crippen molar-refractivity contribution in [3.8, 4) is 0 Å². The maximum Gasteiger partial charge on any atom is 0.246 e. The summed E-state index contributed by atoms with van der Waals surface area (Å²) in [5.41, 5.74) is -0.0385. The number of carbonyl (C=O) groups is 3. The second-order valence-electron chi connectivity index (χ2n) is 8.68. The summed E-state index contributed by atoms with van der Waals surface area (Å²) in [4.78, 5) is 40.9. The Morgan fingerprint density at radius 3 is 2.67 bits per heavy atom. The van der Waals surface area contributed by atoms with E-state index in [1.54, 1.807) is 0 Å². The van der Waals surface area contributed by atoms with Gasteiger partial charge in [-0.15, -0.1) is 0 Å². The highest BCUT2D eigenvalue weighted by Crippen LogP contribution is 2.58. The Morgan fingerprint density at radius 1 is 1.27 bits per heavy atom. The molecule has 3 saturated heterocycles. The van der Waals surface area contributed by atoms with Crippen LogP contribution >= 0.6 is 0 Å². The summed E-state index contributed by atoms with van der Waals surface area (Å²) in [6.45, 7) is 3.86. The van der Waals surface area contributed by atoms with Gasteiger partial charge >= 0.3 is 0 Å².